The number of hydrogen-bond donors (Lipinski definition) is 0. The van der Waals surface area contributed by atoms with Gasteiger partial charge in [-0.05, 0) is 45.2 Å². The normalized spacial score (nSPS) is 18.2. The molecule has 140 valence electrons. The molecule has 4 aromatic rings. The van der Waals surface area contributed by atoms with Gasteiger partial charge in [0.1, 0.15) is 0 Å². The molecule has 0 radical (unpaired) electrons. The second-order valence-corrected chi connectivity index (χ2v) is 9.25. The molecule has 0 unspecified atom stereocenters. The van der Waals surface area contributed by atoms with Gasteiger partial charge in [-0.1, -0.05) is 30.3 Å². The van der Waals surface area contributed by atoms with Crippen molar-refractivity contribution in [1.82, 2.24) is 9.97 Å². The molecule has 0 saturated carbocycles. The first-order chi connectivity index (χ1) is 13.4. The molecule has 4 nitrogen and oxygen atoms in total. The van der Waals surface area contributed by atoms with E-state index in [9.17, 15) is 0 Å². The zero-order valence-corrected chi connectivity index (χ0v) is 17.2. The van der Waals surface area contributed by atoms with Gasteiger partial charge in [0.2, 0.25) is 0 Å². The third-order valence-electron chi connectivity index (χ3n) is 5.86. The summed E-state index contributed by atoms with van der Waals surface area (Å²) in [6.45, 7) is 8.35. The highest BCUT2D eigenvalue weighted by Crippen LogP contribution is 2.39. The number of rotatable bonds is 2. The van der Waals surface area contributed by atoms with E-state index in [1.807, 2.05) is 6.07 Å². The van der Waals surface area contributed by atoms with Crippen LogP contribution in [-0.4, -0.2) is 28.3 Å². The summed E-state index contributed by atoms with van der Waals surface area (Å²) in [7, 11) is -0.362. The van der Waals surface area contributed by atoms with Gasteiger partial charge in [-0.15, -0.1) is 11.3 Å². The predicted molar refractivity (Wildman–Crippen MR) is 116 cm³/mol. The Morgan fingerprint density at radius 3 is 2.29 bits per heavy atom. The smallest absolute Gasteiger partial charge is 0.399 e. The van der Waals surface area contributed by atoms with E-state index in [0.717, 1.165) is 16.9 Å². The minimum absolute atomic E-state index is 0.353. The Bertz CT molecular complexity index is 1170. The Kier molecular flexibility index (Phi) is 3.88. The number of nitrogens with zero attached hydrogens (tertiary/aromatic N) is 2. The van der Waals surface area contributed by atoms with Crippen molar-refractivity contribution in [3.63, 3.8) is 0 Å². The highest BCUT2D eigenvalue weighted by atomic mass is 32.1. The molecule has 1 aliphatic rings. The third-order valence-corrected chi connectivity index (χ3v) is 7.08. The lowest BCUT2D eigenvalue weighted by atomic mass is 9.78. The molecule has 0 atom stereocenters. The maximum absolute atomic E-state index is 6.31. The van der Waals surface area contributed by atoms with E-state index < -0.39 is 0 Å². The first-order valence-electron chi connectivity index (χ1n) is 9.44. The lowest BCUT2D eigenvalue weighted by Crippen LogP contribution is -2.41. The van der Waals surface area contributed by atoms with Crippen LogP contribution in [0.4, 0.5) is 0 Å². The Morgan fingerprint density at radius 1 is 0.857 bits per heavy atom. The summed E-state index contributed by atoms with van der Waals surface area (Å²) in [6.07, 6.45) is 3.54. The van der Waals surface area contributed by atoms with Crippen LogP contribution in [0.2, 0.25) is 0 Å². The van der Waals surface area contributed by atoms with Gasteiger partial charge in [0, 0.05) is 38.2 Å². The number of thiophene rings is 1. The number of aromatic nitrogens is 2. The summed E-state index contributed by atoms with van der Waals surface area (Å²) in [5, 5.41) is 2.46. The quantitative estimate of drug-likeness (QED) is 0.462. The minimum Gasteiger partial charge on any atom is -0.399 e. The van der Waals surface area contributed by atoms with Gasteiger partial charge in [0.05, 0.1) is 11.2 Å². The van der Waals surface area contributed by atoms with E-state index in [4.69, 9.17) is 9.31 Å². The minimum atomic E-state index is -0.362. The molecule has 2 aromatic heterocycles. The highest BCUT2D eigenvalue weighted by Gasteiger charge is 2.52. The van der Waals surface area contributed by atoms with Crippen molar-refractivity contribution in [1.29, 1.82) is 0 Å². The molecule has 5 rings (SSSR count). The van der Waals surface area contributed by atoms with Crippen LogP contribution in [0.15, 0.2) is 54.9 Å². The zero-order chi connectivity index (χ0) is 19.5. The lowest BCUT2D eigenvalue weighted by Gasteiger charge is -2.32. The van der Waals surface area contributed by atoms with Crippen molar-refractivity contribution in [2.45, 2.75) is 38.9 Å². The van der Waals surface area contributed by atoms with E-state index >= 15 is 0 Å². The Balaban J connectivity index is 1.65. The van der Waals surface area contributed by atoms with Crippen LogP contribution >= 0.6 is 11.3 Å². The SMILES string of the molecule is CC1(C)OB(c2cccc3c2sc2cc(-c4ncccn4)ccc23)OC1(C)C. The van der Waals surface area contributed by atoms with Gasteiger partial charge in [0.15, 0.2) is 5.82 Å². The van der Waals surface area contributed by atoms with Crippen LogP contribution in [0.1, 0.15) is 27.7 Å². The van der Waals surface area contributed by atoms with Crippen LogP contribution in [0.25, 0.3) is 31.6 Å². The second-order valence-electron chi connectivity index (χ2n) is 8.20. The topological polar surface area (TPSA) is 44.2 Å². The molecular formula is C22H21BN2O2S. The zero-order valence-electron chi connectivity index (χ0n) is 16.4. The Morgan fingerprint density at radius 2 is 1.57 bits per heavy atom. The van der Waals surface area contributed by atoms with Gasteiger partial charge >= 0.3 is 7.12 Å². The summed E-state index contributed by atoms with van der Waals surface area (Å²) >= 11 is 1.77. The van der Waals surface area contributed by atoms with Gasteiger partial charge in [-0.3, -0.25) is 0 Å². The number of fused-ring (bicyclic) bond motifs is 3. The van der Waals surface area contributed by atoms with Crippen molar-refractivity contribution in [3.05, 3.63) is 54.9 Å². The van der Waals surface area contributed by atoms with E-state index in [-0.39, 0.29) is 18.3 Å². The molecule has 0 amide bonds. The first kappa shape index (κ1) is 17.8. The van der Waals surface area contributed by atoms with Crippen LogP contribution < -0.4 is 5.46 Å². The molecule has 1 aliphatic heterocycles. The molecule has 3 heterocycles. The number of benzene rings is 2. The summed E-state index contributed by atoms with van der Waals surface area (Å²) in [5.41, 5.74) is 1.41. The molecule has 1 saturated heterocycles. The van der Waals surface area contributed by atoms with E-state index in [0.29, 0.717) is 0 Å². The largest absolute Gasteiger partial charge is 0.496 e. The van der Waals surface area contributed by atoms with E-state index in [1.54, 1.807) is 23.7 Å². The molecule has 1 fully saturated rings. The van der Waals surface area contributed by atoms with Crippen molar-refractivity contribution < 1.29 is 9.31 Å². The average Bonchev–Trinajstić information content (AvgIpc) is 3.15. The number of hydrogen-bond acceptors (Lipinski definition) is 5. The average molecular weight is 388 g/mol. The molecule has 0 aliphatic carbocycles. The van der Waals surface area contributed by atoms with Gasteiger partial charge in [-0.2, -0.15) is 0 Å². The summed E-state index contributed by atoms with van der Waals surface area (Å²) in [4.78, 5) is 8.75. The van der Waals surface area contributed by atoms with Crippen LogP contribution in [0.5, 0.6) is 0 Å². The van der Waals surface area contributed by atoms with Gasteiger partial charge < -0.3 is 9.31 Å². The third kappa shape index (κ3) is 2.67. The highest BCUT2D eigenvalue weighted by molar-refractivity contribution is 7.27. The monoisotopic (exact) mass is 388 g/mol. The fraction of sp³-hybridized carbons (Fsp3) is 0.273. The van der Waals surface area contributed by atoms with Crippen molar-refractivity contribution in [2.24, 2.45) is 0 Å². The van der Waals surface area contributed by atoms with Gasteiger partial charge in [-0.25, -0.2) is 9.97 Å². The van der Waals surface area contributed by atoms with Gasteiger partial charge in [0.25, 0.3) is 0 Å². The summed E-state index contributed by atoms with van der Waals surface area (Å²) in [6, 6.07) is 14.6. The lowest BCUT2D eigenvalue weighted by molar-refractivity contribution is 0.00578. The van der Waals surface area contributed by atoms with Crippen LogP contribution in [-0.2, 0) is 9.31 Å². The van der Waals surface area contributed by atoms with Crippen molar-refractivity contribution in [2.75, 3.05) is 0 Å². The Hall–Kier alpha value is -2.28. The van der Waals surface area contributed by atoms with Crippen LogP contribution in [0.3, 0.4) is 0 Å². The maximum Gasteiger partial charge on any atom is 0.496 e. The molecular weight excluding hydrogens is 367 g/mol. The molecule has 0 N–H and O–H groups in total. The molecule has 6 heteroatoms. The first-order valence-corrected chi connectivity index (χ1v) is 10.3. The molecule has 28 heavy (non-hydrogen) atoms. The maximum atomic E-state index is 6.31. The summed E-state index contributed by atoms with van der Waals surface area (Å²) < 4.78 is 15.0. The predicted octanol–water partition coefficient (Wildman–Crippen LogP) is 4.81. The fourth-order valence-electron chi connectivity index (χ4n) is 3.56. The molecule has 0 bridgehead atoms. The Labute approximate surface area is 168 Å². The molecule has 2 aromatic carbocycles. The fourth-order valence-corrected chi connectivity index (χ4v) is 4.83. The van der Waals surface area contributed by atoms with Crippen molar-refractivity contribution >= 4 is 44.1 Å². The van der Waals surface area contributed by atoms with Crippen molar-refractivity contribution in [3.8, 4) is 11.4 Å². The van der Waals surface area contributed by atoms with E-state index in [1.165, 1.54) is 20.2 Å². The second kappa shape index (κ2) is 6.11. The standard InChI is InChI=1S/C22H21BN2O2S/c1-21(2)22(3,4)27-23(26-21)17-8-5-7-16-15-10-9-14(13-18(15)28-19(16)17)20-24-11-6-12-25-20/h5-13H,1-4H3. The van der Waals surface area contributed by atoms with E-state index in [2.05, 4.69) is 74.1 Å². The summed E-state index contributed by atoms with van der Waals surface area (Å²) in [5.74, 6) is 0.744. The molecule has 0 spiro atoms. The van der Waals surface area contributed by atoms with Crippen LogP contribution in [0, 0.1) is 0 Å².